The van der Waals surface area contributed by atoms with Gasteiger partial charge in [-0.2, -0.15) is 0 Å². The van der Waals surface area contributed by atoms with Crippen LogP contribution in [0, 0.1) is 5.92 Å². The van der Waals surface area contributed by atoms with Crippen LogP contribution in [0.2, 0.25) is 0 Å². The Kier molecular flexibility index (Phi) is 3.63. The number of carbonyl (C=O) groups is 2. The molecule has 0 saturated heterocycles. The third-order valence-electron chi connectivity index (χ3n) is 2.34. The second-order valence-corrected chi connectivity index (χ2v) is 3.55. The largest absolute Gasteiger partial charge is 0.478 e. The number of carboxylic acids is 2. The number of aliphatic hydroxyl groups excluding tert-OH is 1. The van der Waals surface area contributed by atoms with Crippen LogP contribution >= 0.6 is 0 Å². The highest BCUT2D eigenvalue weighted by Gasteiger charge is 2.23. The first-order valence-electron chi connectivity index (χ1n) is 4.64. The molecular weight excluding hydrogens is 212 g/mol. The minimum absolute atomic E-state index is 0.0254. The van der Waals surface area contributed by atoms with Gasteiger partial charge in [0.05, 0.1) is 11.7 Å². The Labute approximate surface area is 92.0 Å². The summed E-state index contributed by atoms with van der Waals surface area (Å²) in [7, 11) is 0. The van der Waals surface area contributed by atoms with Crippen molar-refractivity contribution in [2.24, 2.45) is 5.92 Å². The van der Waals surface area contributed by atoms with E-state index in [4.69, 9.17) is 10.2 Å². The Morgan fingerprint density at radius 1 is 1.38 bits per heavy atom. The molecule has 0 saturated carbocycles. The van der Waals surface area contributed by atoms with Crippen molar-refractivity contribution in [3.8, 4) is 0 Å². The highest BCUT2D eigenvalue weighted by Crippen LogP contribution is 2.23. The van der Waals surface area contributed by atoms with Gasteiger partial charge in [-0.3, -0.25) is 0 Å². The lowest BCUT2D eigenvalue weighted by Crippen LogP contribution is -2.22. The van der Waals surface area contributed by atoms with E-state index in [1.807, 2.05) is 0 Å². The molecule has 1 unspecified atom stereocenters. The van der Waals surface area contributed by atoms with Gasteiger partial charge < -0.3 is 15.3 Å². The number of hydrogen-bond donors (Lipinski definition) is 3. The van der Waals surface area contributed by atoms with Crippen molar-refractivity contribution in [3.05, 3.63) is 36.0 Å². The van der Waals surface area contributed by atoms with Gasteiger partial charge in [0, 0.05) is 11.5 Å². The molecule has 0 aromatic rings. The minimum Gasteiger partial charge on any atom is -0.478 e. The van der Waals surface area contributed by atoms with Crippen LogP contribution in [0.3, 0.4) is 0 Å². The fourth-order valence-corrected chi connectivity index (χ4v) is 1.42. The molecule has 0 radical (unpaired) electrons. The predicted molar refractivity (Wildman–Crippen MR) is 55.7 cm³/mol. The zero-order valence-corrected chi connectivity index (χ0v) is 8.46. The summed E-state index contributed by atoms with van der Waals surface area (Å²) >= 11 is 0. The van der Waals surface area contributed by atoms with E-state index in [0.29, 0.717) is 0 Å². The van der Waals surface area contributed by atoms with Crippen molar-refractivity contribution < 1.29 is 24.9 Å². The fraction of sp³-hybridized carbons (Fsp3) is 0.273. The molecule has 1 aliphatic carbocycles. The third-order valence-corrected chi connectivity index (χ3v) is 2.34. The van der Waals surface area contributed by atoms with Gasteiger partial charge in [0.25, 0.3) is 0 Å². The monoisotopic (exact) mass is 224 g/mol. The lowest BCUT2D eigenvalue weighted by Gasteiger charge is -2.20. The molecule has 0 aromatic heterocycles. The summed E-state index contributed by atoms with van der Waals surface area (Å²) in [6.07, 6.45) is 3.13. The smallest absolute Gasteiger partial charge is 0.335 e. The van der Waals surface area contributed by atoms with Crippen LogP contribution in [0.1, 0.15) is 6.42 Å². The maximum absolute atomic E-state index is 10.7. The molecule has 0 spiro atoms. The van der Waals surface area contributed by atoms with Crippen molar-refractivity contribution in [1.82, 2.24) is 0 Å². The molecule has 3 N–H and O–H groups in total. The van der Waals surface area contributed by atoms with Crippen molar-refractivity contribution >= 4 is 11.9 Å². The lowest BCUT2D eigenvalue weighted by atomic mass is 9.88. The van der Waals surface area contributed by atoms with Crippen molar-refractivity contribution in [1.29, 1.82) is 0 Å². The first-order valence-corrected chi connectivity index (χ1v) is 4.64. The first-order chi connectivity index (χ1) is 7.41. The van der Waals surface area contributed by atoms with Gasteiger partial charge >= 0.3 is 11.9 Å². The van der Waals surface area contributed by atoms with Gasteiger partial charge in [-0.15, -0.1) is 0 Å². The highest BCUT2D eigenvalue weighted by molar-refractivity contribution is 5.90. The Balaban J connectivity index is 2.80. The second kappa shape index (κ2) is 4.76. The summed E-state index contributed by atoms with van der Waals surface area (Å²) in [5.41, 5.74) is -0.00572. The normalized spacial score (nSPS) is 23.7. The molecule has 86 valence electrons. The summed E-state index contributed by atoms with van der Waals surface area (Å²) < 4.78 is 0. The third kappa shape index (κ3) is 2.80. The molecule has 2 atom stereocenters. The Bertz CT molecular complexity index is 391. The zero-order valence-electron chi connectivity index (χ0n) is 8.46. The molecule has 0 aromatic carbocycles. The van der Waals surface area contributed by atoms with Crippen molar-refractivity contribution in [2.75, 3.05) is 0 Å². The highest BCUT2D eigenvalue weighted by atomic mass is 16.4. The predicted octanol–water partition coefficient (Wildman–Crippen LogP) is 0.575. The number of aliphatic carboxylic acids is 2. The van der Waals surface area contributed by atoms with Gasteiger partial charge in [0.1, 0.15) is 0 Å². The van der Waals surface area contributed by atoms with Gasteiger partial charge in [-0.05, 0) is 12.5 Å². The molecule has 1 aliphatic rings. The molecular formula is C11H12O5. The van der Waals surface area contributed by atoms with E-state index in [9.17, 15) is 14.7 Å². The van der Waals surface area contributed by atoms with Gasteiger partial charge in [0.2, 0.25) is 0 Å². The van der Waals surface area contributed by atoms with E-state index < -0.39 is 24.0 Å². The van der Waals surface area contributed by atoms with E-state index in [1.165, 1.54) is 18.2 Å². The zero-order chi connectivity index (χ0) is 12.3. The maximum atomic E-state index is 10.7. The molecule has 5 heteroatoms. The van der Waals surface area contributed by atoms with Crippen LogP contribution in [0.25, 0.3) is 0 Å². The lowest BCUT2D eigenvalue weighted by molar-refractivity contribution is -0.133. The number of aliphatic hydroxyl groups is 1. The number of rotatable bonds is 4. The van der Waals surface area contributed by atoms with Crippen LogP contribution < -0.4 is 0 Å². The van der Waals surface area contributed by atoms with E-state index >= 15 is 0 Å². The molecule has 0 heterocycles. The maximum Gasteiger partial charge on any atom is 0.335 e. The summed E-state index contributed by atoms with van der Waals surface area (Å²) in [6, 6.07) is 0. The minimum atomic E-state index is -1.15. The van der Waals surface area contributed by atoms with Crippen LogP contribution in [0.15, 0.2) is 36.0 Å². The van der Waals surface area contributed by atoms with Crippen molar-refractivity contribution in [3.63, 3.8) is 0 Å². The van der Waals surface area contributed by atoms with Crippen molar-refractivity contribution in [2.45, 2.75) is 12.5 Å². The van der Waals surface area contributed by atoms with E-state index in [-0.39, 0.29) is 17.6 Å². The fourth-order valence-electron chi connectivity index (χ4n) is 1.42. The van der Waals surface area contributed by atoms with Crippen LogP contribution in [0.4, 0.5) is 0 Å². The van der Waals surface area contributed by atoms with Crippen LogP contribution in [-0.2, 0) is 9.59 Å². The SMILES string of the molecule is C=C(C[C@@H]1C=C(C(=O)O)C=CC1O)C(=O)O. The van der Waals surface area contributed by atoms with Crippen LogP contribution in [0.5, 0.6) is 0 Å². The van der Waals surface area contributed by atoms with E-state index in [2.05, 4.69) is 6.58 Å². The summed E-state index contributed by atoms with van der Waals surface area (Å²) in [4.78, 5) is 21.2. The van der Waals surface area contributed by atoms with E-state index in [1.54, 1.807) is 0 Å². The molecule has 5 nitrogen and oxygen atoms in total. The summed E-state index contributed by atoms with van der Waals surface area (Å²) in [5, 5.41) is 26.9. The Morgan fingerprint density at radius 2 is 2.00 bits per heavy atom. The average molecular weight is 224 g/mol. The first kappa shape index (κ1) is 12.2. The molecule has 0 aliphatic heterocycles. The van der Waals surface area contributed by atoms with Crippen LogP contribution in [-0.4, -0.2) is 33.4 Å². The summed E-state index contributed by atoms with van der Waals surface area (Å²) in [6.45, 7) is 3.34. The average Bonchev–Trinajstić information content (AvgIpc) is 2.20. The quantitative estimate of drug-likeness (QED) is 0.607. The molecule has 0 bridgehead atoms. The molecule has 0 amide bonds. The standard InChI is InChI=1S/C11H12O5/c1-6(10(13)14)4-8-5-7(11(15)16)2-3-9(8)12/h2-3,5,8-9,12H,1,4H2,(H,13,14)(H,15,16)/t8-,9?/m1/s1. The molecule has 1 rings (SSSR count). The van der Waals surface area contributed by atoms with Gasteiger partial charge in [-0.25, -0.2) is 9.59 Å². The van der Waals surface area contributed by atoms with Gasteiger partial charge in [-0.1, -0.05) is 18.7 Å². The van der Waals surface area contributed by atoms with Gasteiger partial charge in [0.15, 0.2) is 0 Å². The number of carboxylic acid groups (broad SMARTS) is 2. The molecule has 0 fully saturated rings. The molecule has 16 heavy (non-hydrogen) atoms. The number of hydrogen-bond acceptors (Lipinski definition) is 3. The Hall–Kier alpha value is -1.88. The topological polar surface area (TPSA) is 94.8 Å². The Morgan fingerprint density at radius 3 is 2.50 bits per heavy atom. The second-order valence-electron chi connectivity index (χ2n) is 3.55. The summed E-state index contributed by atoms with van der Waals surface area (Å²) in [5.74, 6) is -2.80. The van der Waals surface area contributed by atoms with E-state index in [0.717, 1.165) is 0 Å².